The van der Waals surface area contributed by atoms with Gasteiger partial charge in [-0.3, -0.25) is 9.69 Å². The fraction of sp³-hybridized carbons (Fsp3) is 0.267. The maximum absolute atomic E-state index is 12.1. The fourth-order valence-electron chi connectivity index (χ4n) is 1.66. The van der Waals surface area contributed by atoms with Crippen molar-refractivity contribution in [2.75, 3.05) is 31.6 Å². The minimum Gasteiger partial charge on any atom is -0.314 e. The van der Waals surface area contributed by atoms with Gasteiger partial charge in [-0.15, -0.1) is 13.2 Å². The Balaban J connectivity index is 2.63. The molecule has 0 heterocycles. The van der Waals surface area contributed by atoms with Gasteiger partial charge in [0.05, 0.1) is 6.54 Å². The third kappa shape index (κ3) is 4.18. The Morgan fingerprint density at radius 1 is 1.17 bits per heavy atom. The summed E-state index contributed by atoms with van der Waals surface area (Å²) in [7, 11) is 1.79. The number of likely N-dealkylation sites (N-methyl/N-ethyl adjacent to an activating group) is 1. The molecule has 0 aliphatic heterocycles. The van der Waals surface area contributed by atoms with Crippen molar-refractivity contribution in [1.29, 1.82) is 0 Å². The van der Waals surface area contributed by atoms with E-state index in [9.17, 15) is 4.79 Å². The molecule has 1 aromatic carbocycles. The van der Waals surface area contributed by atoms with E-state index >= 15 is 0 Å². The maximum Gasteiger partial charge on any atom is 0.240 e. The molecule has 96 valence electrons. The van der Waals surface area contributed by atoms with E-state index in [0.29, 0.717) is 19.6 Å². The highest BCUT2D eigenvalue weighted by Gasteiger charge is 2.13. The zero-order chi connectivity index (χ0) is 13.4. The molecule has 18 heavy (non-hydrogen) atoms. The Hall–Kier alpha value is -1.87. The zero-order valence-corrected chi connectivity index (χ0v) is 10.9. The van der Waals surface area contributed by atoms with Gasteiger partial charge in [0, 0.05) is 25.8 Å². The highest BCUT2D eigenvalue weighted by molar-refractivity contribution is 5.94. The molecule has 0 fully saturated rings. The van der Waals surface area contributed by atoms with Crippen LogP contribution in [0.2, 0.25) is 0 Å². The molecule has 3 heteroatoms. The molecule has 0 radical (unpaired) electrons. The number of hydrogen-bond donors (Lipinski definition) is 0. The minimum absolute atomic E-state index is 0.0601. The largest absolute Gasteiger partial charge is 0.314 e. The molecule has 1 rings (SSSR count). The Bertz CT molecular complexity index is 390. The van der Waals surface area contributed by atoms with Crippen molar-refractivity contribution < 1.29 is 4.79 Å². The van der Waals surface area contributed by atoms with Crippen molar-refractivity contribution in [1.82, 2.24) is 4.90 Å². The molecule has 0 spiro atoms. The number of anilines is 1. The van der Waals surface area contributed by atoms with Crippen molar-refractivity contribution in [3.05, 3.63) is 55.6 Å². The normalized spacial score (nSPS) is 10.1. The molecule has 3 nitrogen and oxygen atoms in total. The summed E-state index contributed by atoms with van der Waals surface area (Å²) in [6.45, 7) is 9.11. The summed E-state index contributed by atoms with van der Waals surface area (Å²) in [6.07, 6.45) is 3.58. The predicted molar refractivity (Wildman–Crippen MR) is 76.7 cm³/mol. The van der Waals surface area contributed by atoms with Crippen molar-refractivity contribution in [2.24, 2.45) is 0 Å². The second-order valence-corrected chi connectivity index (χ2v) is 4.06. The number of carbonyl (C=O) groups is 1. The second kappa shape index (κ2) is 7.45. The third-order valence-electron chi connectivity index (χ3n) is 2.65. The highest BCUT2D eigenvalue weighted by atomic mass is 16.2. The first kappa shape index (κ1) is 14.2. The molecule has 0 bridgehead atoms. The van der Waals surface area contributed by atoms with E-state index in [1.165, 1.54) is 0 Å². The zero-order valence-electron chi connectivity index (χ0n) is 10.9. The van der Waals surface area contributed by atoms with Crippen LogP contribution in [0.4, 0.5) is 5.69 Å². The van der Waals surface area contributed by atoms with Crippen LogP contribution in [0.5, 0.6) is 0 Å². The van der Waals surface area contributed by atoms with Crippen LogP contribution in [0, 0.1) is 0 Å². The smallest absolute Gasteiger partial charge is 0.240 e. The highest BCUT2D eigenvalue weighted by Crippen LogP contribution is 2.11. The van der Waals surface area contributed by atoms with Gasteiger partial charge >= 0.3 is 0 Å². The van der Waals surface area contributed by atoms with Crippen LogP contribution in [-0.2, 0) is 4.79 Å². The van der Waals surface area contributed by atoms with E-state index in [1.807, 2.05) is 35.2 Å². The number of hydrogen-bond acceptors (Lipinski definition) is 2. The lowest BCUT2D eigenvalue weighted by molar-refractivity contribution is -0.119. The van der Waals surface area contributed by atoms with Crippen LogP contribution >= 0.6 is 0 Å². The first-order chi connectivity index (χ1) is 8.69. The summed E-state index contributed by atoms with van der Waals surface area (Å²) >= 11 is 0. The van der Waals surface area contributed by atoms with Crippen molar-refractivity contribution >= 4 is 11.6 Å². The van der Waals surface area contributed by atoms with Crippen molar-refractivity contribution in [3.8, 4) is 0 Å². The summed E-state index contributed by atoms with van der Waals surface area (Å²) < 4.78 is 0. The molecular formula is C15H20N2O. The second-order valence-electron chi connectivity index (χ2n) is 4.06. The molecule has 0 saturated carbocycles. The number of carbonyl (C=O) groups excluding carboxylic acids is 1. The van der Waals surface area contributed by atoms with Gasteiger partial charge in [-0.1, -0.05) is 30.4 Å². The third-order valence-corrected chi connectivity index (χ3v) is 2.65. The predicted octanol–water partition coefficient (Wildman–Crippen LogP) is 2.32. The van der Waals surface area contributed by atoms with E-state index in [4.69, 9.17) is 0 Å². The van der Waals surface area contributed by atoms with Crippen LogP contribution in [0.1, 0.15) is 0 Å². The van der Waals surface area contributed by atoms with Crippen molar-refractivity contribution in [2.45, 2.75) is 0 Å². The molecule has 0 saturated heterocycles. The lowest BCUT2D eigenvalue weighted by atomic mass is 10.3. The van der Waals surface area contributed by atoms with Crippen LogP contribution in [-0.4, -0.2) is 37.5 Å². The molecule has 1 amide bonds. The molecule has 0 aliphatic rings. The molecule has 0 atom stereocenters. The van der Waals surface area contributed by atoms with E-state index in [1.54, 1.807) is 24.1 Å². The van der Waals surface area contributed by atoms with Gasteiger partial charge in [0.15, 0.2) is 0 Å². The summed E-state index contributed by atoms with van der Waals surface area (Å²) in [5.74, 6) is 0.0601. The first-order valence-electron chi connectivity index (χ1n) is 5.94. The lowest BCUT2D eigenvalue weighted by Crippen LogP contribution is -2.38. The maximum atomic E-state index is 12.1. The van der Waals surface area contributed by atoms with Gasteiger partial charge < -0.3 is 4.90 Å². The Kier molecular flexibility index (Phi) is 5.88. The molecule has 0 N–H and O–H groups in total. The number of rotatable bonds is 7. The quantitative estimate of drug-likeness (QED) is 0.687. The van der Waals surface area contributed by atoms with Gasteiger partial charge in [-0.2, -0.15) is 0 Å². The van der Waals surface area contributed by atoms with E-state index in [-0.39, 0.29) is 5.91 Å². The summed E-state index contributed by atoms with van der Waals surface area (Å²) in [5, 5.41) is 0. The Morgan fingerprint density at radius 2 is 1.72 bits per heavy atom. The monoisotopic (exact) mass is 244 g/mol. The fourth-order valence-corrected chi connectivity index (χ4v) is 1.66. The van der Waals surface area contributed by atoms with Crippen molar-refractivity contribution in [3.63, 3.8) is 0 Å². The number of para-hydroxylation sites is 1. The number of benzene rings is 1. The van der Waals surface area contributed by atoms with Gasteiger partial charge in [-0.05, 0) is 12.1 Å². The van der Waals surface area contributed by atoms with E-state index < -0.39 is 0 Å². The van der Waals surface area contributed by atoms with Crippen LogP contribution < -0.4 is 4.90 Å². The molecule has 0 unspecified atom stereocenters. The van der Waals surface area contributed by atoms with E-state index in [2.05, 4.69) is 13.2 Å². The number of amides is 1. The van der Waals surface area contributed by atoms with Crippen LogP contribution in [0.3, 0.4) is 0 Å². The Morgan fingerprint density at radius 3 is 2.22 bits per heavy atom. The summed E-state index contributed by atoms with van der Waals surface area (Å²) in [6, 6.07) is 9.62. The summed E-state index contributed by atoms with van der Waals surface area (Å²) in [4.78, 5) is 15.8. The Labute approximate surface area is 109 Å². The molecular weight excluding hydrogens is 224 g/mol. The van der Waals surface area contributed by atoms with Gasteiger partial charge in [0.1, 0.15) is 0 Å². The topological polar surface area (TPSA) is 23.6 Å². The van der Waals surface area contributed by atoms with Crippen LogP contribution in [0.25, 0.3) is 0 Å². The van der Waals surface area contributed by atoms with Gasteiger partial charge in [-0.25, -0.2) is 0 Å². The standard InChI is InChI=1S/C15H20N2O/c1-4-11-17(12-5-2)13-15(18)16(3)14-9-7-6-8-10-14/h4-10H,1-2,11-13H2,3H3. The lowest BCUT2D eigenvalue weighted by Gasteiger charge is -2.23. The minimum atomic E-state index is 0.0601. The molecule has 1 aromatic rings. The van der Waals surface area contributed by atoms with Crippen LogP contribution in [0.15, 0.2) is 55.6 Å². The number of nitrogens with zero attached hydrogens (tertiary/aromatic N) is 2. The summed E-state index contributed by atoms with van der Waals surface area (Å²) in [5.41, 5.74) is 0.902. The average Bonchev–Trinajstić information content (AvgIpc) is 2.39. The molecule has 0 aliphatic carbocycles. The SMILES string of the molecule is C=CCN(CC=C)CC(=O)N(C)c1ccccc1. The van der Waals surface area contributed by atoms with Gasteiger partial charge in [0.25, 0.3) is 0 Å². The first-order valence-corrected chi connectivity index (χ1v) is 5.94. The van der Waals surface area contributed by atoms with E-state index in [0.717, 1.165) is 5.69 Å². The van der Waals surface area contributed by atoms with Gasteiger partial charge in [0.2, 0.25) is 5.91 Å². The average molecular weight is 244 g/mol. The molecule has 0 aromatic heterocycles.